The fraction of sp³-hybridized carbons (Fsp3) is 0.600. The van der Waals surface area contributed by atoms with E-state index >= 15 is 0 Å². The third-order valence-electron chi connectivity index (χ3n) is 5.78. The number of likely N-dealkylation sites (tertiary alicyclic amines) is 1. The van der Waals surface area contributed by atoms with E-state index in [0.717, 1.165) is 24.8 Å². The lowest BCUT2D eigenvalue weighted by molar-refractivity contribution is -0.145. The zero-order valence-electron chi connectivity index (χ0n) is 20.0. The zero-order chi connectivity index (χ0) is 24.2. The summed E-state index contributed by atoms with van der Waals surface area (Å²) in [5.74, 6) is -1.57. The molecule has 1 heterocycles. The number of methoxy groups -OCH3 is 1. The van der Waals surface area contributed by atoms with Crippen LogP contribution in [0.15, 0.2) is 30.3 Å². The van der Waals surface area contributed by atoms with Crippen LogP contribution in [0.5, 0.6) is 0 Å². The van der Waals surface area contributed by atoms with Crippen molar-refractivity contribution in [1.82, 2.24) is 15.5 Å². The quantitative estimate of drug-likeness (QED) is 0.493. The van der Waals surface area contributed by atoms with Gasteiger partial charge in [-0.2, -0.15) is 0 Å². The van der Waals surface area contributed by atoms with Gasteiger partial charge in [-0.25, -0.2) is 0 Å². The van der Waals surface area contributed by atoms with Gasteiger partial charge >= 0.3 is 5.97 Å². The van der Waals surface area contributed by atoms with Crippen LogP contribution in [0.2, 0.25) is 0 Å². The van der Waals surface area contributed by atoms with Gasteiger partial charge in [-0.1, -0.05) is 44.2 Å². The van der Waals surface area contributed by atoms with Crippen molar-refractivity contribution in [3.05, 3.63) is 35.9 Å². The Morgan fingerprint density at radius 3 is 2.55 bits per heavy atom. The molecule has 2 rings (SSSR count). The van der Waals surface area contributed by atoms with Gasteiger partial charge in [0, 0.05) is 19.0 Å². The second-order valence-electron chi connectivity index (χ2n) is 9.01. The second-order valence-corrected chi connectivity index (χ2v) is 9.01. The van der Waals surface area contributed by atoms with Crippen LogP contribution in [0.1, 0.15) is 51.5 Å². The summed E-state index contributed by atoms with van der Waals surface area (Å²) < 4.78 is 4.73. The molecular formula is C25H37N3O5. The van der Waals surface area contributed by atoms with Gasteiger partial charge in [0.15, 0.2) is 0 Å². The Balaban J connectivity index is 1.91. The van der Waals surface area contributed by atoms with E-state index in [9.17, 15) is 19.2 Å². The van der Waals surface area contributed by atoms with E-state index in [-0.39, 0.29) is 36.6 Å². The van der Waals surface area contributed by atoms with Crippen LogP contribution in [0, 0.1) is 11.8 Å². The van der Waals surface area contributed by atoms with Crippen molar-refractivity contribution in [1.29, 1.82) is 0 Å². The molecule has 8 nitrogen and oxygen atoms in total. The minimum absolute atomic E-state index is 0.0189. The number of hydrogen-bond donors (Lipinski definition) is 2. The van der Waals surface area contributed by atoms with Crippen LogP contribution < -0.4 is 10.6 Å². The molecule has 33 heavy (non-hydrogen) atoms. The van der Waals surface area contributed by atoms with Crippen molar-refractivity contribution in [2.45, 2.75) is 58.4 Å². The lowest BCUT2D eigenvalue weighted by atomic mass is 9.93. The van der Waals surface area contributed by atoms with Crippen molar-refractivity contribution in [3.63, 3.8) is 0 Å². The largest absolute Gasteiger partial charge is 0.469 e. The van der Waals surface area contributed by atoms with Gasteiger partial charge in [0.1, 0.15) is 6.04 Å². The first-order chi connectivity index (χ1) is 15.8. The van der Waals surface area contributed by atoms with Crippen molar-refractivity contribution in [2.24, 2.45) is 11.8 Å². The van der Waals surface area contributed by atoms with Crippen molar-refractivity contribution < 1.29 is 23.9 Å². The summed E-state index contributed by atoms with van der Waals surface area (Å²) in [5.41, 5.74) is 1.13. The van der Waals surface area contributed by atoms with E-state index in [2.05, 4.69) is 10.6 Å². The monoisotopic (exact) mass is 459 g/mol. The Bertz CT molecular complexity index is 796. The second kappa shape index (κ2) is 13.6. The highest BCUT2D eigenvalue weighted by molar-refractivity contribution is 5.92. The van der Waals surface area contributed by atoms with Crippen LogP contribution in [-0.2, 0) is 30.3 Å². The molecule has 0 bridgehead atoms. The first-order valence-corrected chi connectivity index (χ1v) is 11.8. The molecule has 0 aromatic heterocycles. The molecular weight excluding hydrogens is 422 g/mol. The molecule has 182 valence electrons. The van der Waals surface area contributed by atoms with Crippen LogP contribution in [0.4, 0.5) is 0 Å². The molecule has 2 atom stereocenters. The maximum atomic E-state index is 13.1. The van der Waals surface area contributed by atoms with Gasteiger partial charge in [0.05, 0.1) is 20.1 Å². The standard InChI is InChI=1S/C25H37N3O5/c1-18(2)15-20(16-23(30)33-3)24(31)27-21-11-7-8-14-28(25(21)32)17-22(29)26-13-12-19-9-5-4-6-10-19/h4-6,9-10,18,20-21H,7-8,11-17H2,1-3H3,(H,26,29)(H,27,31)/t20-,21?/m1/s1. The lowest BCUT2D eigenvalue weighted by Gasteiger charge is -2.26. The molecule has 0 radical (unpaired) electrons. The molecule has 0 aliphatic carbocycles. The van der Waals surface area contributed by atoms with Crippen LogP contribution in [0.25, 0.3) is 0 Å². The van der Waals surface area contributed by atoms with E-state index in [1.54, 1.807) is 0 Å². The number of ether oxygens (including phenoxy) is 1. The zero-order valence-corrected chi connectivity index (χ0v) is 20.0. The molecule has 1 aromatic rings. The molecule has 1 aliphatic rings. The summed E-state index contributed by atoms with van der Waals surface area (Å²) in [4.78, 5) is 51.7. The van der Waals surface area contributed by atoms with Crippen molar-refractivity contribution in [3.8, 4) is 0 Å². The molecule has 0 spiro atoms. The van der Waals surface area contributed by atoms with Gasteiger partial charge in [-0.15, -0.1) is 0 Å². The number of carbonyl (C=O) groups excluding carboxylic acids is 4. The molecule has 8 heteroatoms. The van der Waals surface area contributed by atoms with Crippen LogP contribution >= 0.6 is 0 Å². The number of benzene rings is 1. The fourth-order valence-corrected chi connectivity index (χ4v) is 4.04. The van der Waals surface area contributed by atoms with E-state index in [1.807, 2.05) is 44.2 Å². The maximum absolute atomic E-state index is 13.1. The average molecular weight is 460 g/mol. The number of rotatable bonds is 11. The molecule has 1 aromatic carbocycles. The minimum Gasteiger partial charge on any atom is -0.469 e. The molecule has 0 saturated carbocycles. The van der Waals surface area contributed by atoms with Crippen LogP contribution in [-0.4, -0.2) is 61.4 Å². The molecule has 3 amide bonds. The number of hydrogen-bond acceptors (Lipinski definition) is 5. The smallest absolute Gasteiger partial charge is 0.306 e. The molecule has 1 saturated heterocycles. The van der Waals surface area contributed by atoms with Crippen molar-refractivity contribution >= 4 is 23.7 Å². The average Bonchev–Trinajstić information content (AvgIpc) is 2.95. The summed E-state index contributed by atoms with van der Waals surface area (Å²) >= 11 is 0. The van der Waals surface area contributed by atoms with Gasteiger partial charge < -0.3 is 20.3 Å². The fourth-order valence-electron chi connectivity index (χ4n) is 4.04. The normalized spacial score (nSPS) is 17.3. The Kier molecular flexibility index (Phi) is 10.9. The Hall–Kier alpha value is -2.90. The molecule has 1 unspecified atom stereocenters. The predicted octanol–water partition coefficient (Wildman–Crippen LogP) is 2.07. The minimum atomic E-state index is -0.690. The summed E-state index contributed by atoms with van der Waals surface area (Å²) in [6.07, 6.45) is 3.28. The summed E-state index contributed by atoms with van der Waals surface area (Å²) in [7, 11) is 1.30. The molecule has 2 N–H and O–H groups in total. The van der Waals surface area contributed by atoms with Gasteiger partial charge in [0.25, 0.3) is 0 Å². The predicted molar refractivity (Wildman–Crippen MR) is 125 cm³/mol. The van der Waals surface area contributed by atoms with Gasteiger partial charge in [-0.05, 0) is 43.6 Å². The molecule has 1 fully saturated rings. The Labute approximate surface area is 196 Å². The Morgan fingerprint density at radius 1 is 1.15 bits per heavy atom. The molecule has 1 aliphatic heterocycles. The first kappa shape index (κ1) is 26.4. The van der Waals surface area contributed by atoms with E-state index in [1.165, 1.54) is 12.0 Å². The lowest BCUT2D eigenvalue weighted by Crippen LogP contribution is -2.51. The number of carbonyl (C=O) groups is 4. The topological polar surface area (TPSA) is 105 Å². The van der Waals surface area contributed by atoms with Gasteiger partial charge in [-0.3, -0.25) is 19.2 Å². The summed E-state index contributed by atoms with van der Waals surface area (Å²) in [6, 6.07) is 9.18. The Morgan fingerprint density at radius 2 is 1.88 bits per heavy atom. The highest BCUT2D eigenvalue weighted by Gasteiger charge is 2.32. The number of nitrogens with zero attached hydrogens (tertiary/aromatic N) is 1. The highest BCUT2D eigenvalue weighted by Crippen LogP contribution is 2.19. The third-order valence-corrected chi connectivity index (χ3v) is 5.78. The summed E-state index contributed by atoms with van der Waals surface area (Å²) in [6.45, 7) is 4.90. The van der Waals surface area contributed by atoms with Crippen molar-refractivity contribution in [2.75, 3.05) is 26.7 Å². The van der Waals surface area contributed by atoms with E-state index in [0.29, 0.717) is 25.9 Å². The highest BCUT2D eigenvalue weighted by atomic mass is 16.5. The number of amides is 3. The van der Waals surface area contributed by atoms with Crippen LogP contribution in [0.3, 0.4) is 0 Å². The summed E-state index contributed by atoms with van der Waals surface area (Å²) in [5, 5.41) is 5.71. The van der Waals surface area contributed by atoms with E-state index in [4.69, 9.17) is 4.74 Å². The van der Waals surface area contributed by atoms with Gasteiger partial charge in [0.2, 0.25) is 17.7 Å². The van der Waals surface area contributed by atoms with E-state index < -0.39 is 17.9 Å². The number of nitrogens with one attached hydrogen (secondary N) is 2. The third kappa shape index (κ3) is 9.24. The maximum Gasteiger partial charge on any atom is 0.306 e. The first-order valence-electron chi connectivity index (χ1n) is 11.8. The SMILES string of the molecule is COC(=O)C[C@@H](CC(C)C)C(=O)NC1CCCCN(CC(=O)NCCc2ccccc2)C1=O. The number of esters is 1.